The SMILES string of the molecule is [CH2]CCCCC(CCCCCCCCCCCCCCCC)CCCCCCCCCCCCCCCCC. The van der Waals surface area contributed by atoms with E-state index >= 15 is 0 Å². The van der Waals surface area contributed by atoms with Crippen molar-refractivity contribution < 1.29 is 0 Å². The van der Waals surface area contributed by atoms with Crippen LogP contribution in [-0.4, -0.2) is 0 Å². The average Bonchev–Trinajstić information content (AvgIpc) is 2.95. The summed E-state index contributed by atoms with van der Waals surface area (Å²) in [6, 6.07) is 0. The van der Waals surface area contributed by atoms with Crippen LogP contribution in [0, 0.1) is 12.8 Å². The minimum atomic E-state index is 1.01. The molecule has 0 fully saturated rings. The Morgan fingerprint density at radius 1 is 0.282 bits per heavy atom. The van der Waals surface area contributed by atoms with Crippen LogP contribution in [0.25, 0.3) is 0 Å². The Morgan fingerprint density at radius 3 is 0.718 bits per heavy atom. The fourth-order valence-corrected chi connectivity index (χ4v) is 6.47. The molecule has 0 aromatic rings. The molecule has 0 rings (SSSR count). The highest BCUT2D eigenvalue weighted by molar-refractivity contribution is 4.62. The van der Waals surface area contributed by atoms with E-state index in [-0.39, 0.29) is 0 Å². The summed E-state index contributed by atoms with van der Waals surface area (Å²) in [5, 5.41) is 0. The van der Waals surface area contributed by atoms with Gasteiger partial charge in [-0.15, -0.1) is 0 Å². The first-order valence-electron chi connectivity index (χ1n) is 19.1. The molecule has 0 saturated carbocycles. The topological polar surface area (TPSA) is 0 Å². The lowest BCUT2D eigenvalue weighted by Crippen LogP contribution is -2.01. The lowest BCUT2D eigenvalue weighted by atomic mass is 9.89. The molecule has 0 aromatic heterocycles. The predicted molar refractivity (Wildman–Crippen MR) is 182 cm³/mol. The van der Waals surface area contributed by atoms with Crippen molar-refractivity contribution in [2.75, 3.05) is 0 Å². The molecule has 0 aliphatic heterocycles. The molecule has 0 saturated heterocycles. The van der Waals surface area contributed by atoms with Crippen LogP contribution in [0.15, 0.2) is 0 Å². The Labute approximate surface area is 251 Å². The maximum Gasteiger partial charge on any atom is -0.0414 e. The molecule has 0 bridgehead atoms. The standard InChI is InChI=1S/C39H79/c1-4-7-10-12-14-16-18-20-22-24-26-28-30-32-35-38-39(36-33-9-6-3)37-34-31-29-27-25-23-21-19-17-15-13-11-8-5-2/h39H,3-38H2,1-2H3. The van der Waals surface area contributed by atoms with Gasteiger partial charge in [-0.1, -0.05) is 245 Å². The Hall–Kier alpha value is 0. The second-order valence-corrected chi connectivity index (χ2v) is 13.3. The van der Waals surface area contributed by atoms with Crippen LogP contribution in [-0.2, 0) is 0 Å². The van der Waals surface area contributed by atoms with Crippen molar-refractivity contribution in [3.8, 4) is 0 Å². The van der Waals surface area contributed by atoms with Crippen LogP contribution in [0.5, 0.6) is 0 Å². The zero-order valence-electron chi connectivity index (χ0n) is 28.0. The van der Waals surface area contributed by atoms with E-state index in [9.17, 15) is 0 Å². The van der Waals surface area contributed by atoms with Gasteiger partial charge in [-0.3, -0.25) is 0 Å². The summed E-state index contributed by atoms with van der Waals surface area (Å²) < 4.78 is 0. The van der Waals surface area contributed by atoms with Crippen molar-refractivity contribution in [1.82, 2.24) is 0 Å². The van der Waals surface area contributed by atoms with Crippen molar-refractivity contribution in [3.63, 3.8) is 0 Å². The molecule has 0 heterocycles. The van der Waals surface area contributed by atoms with Crippen molar-refractivity contribution in [3.05, 3.63) is 6.92 Å². The Morgan fingerprint density at radius 2 is 0.487 bits per heavy atom. The van der Waals surface area contributed by atoms with E-state index in [2.05, 4.69) is 20.8 Å². The first-order valence-corrected chi connectivity index (χ1v) is 19.1. The zero-order chi connectivity index (χ0) is 28.3. The maximum atomic E-state index is 4.07. The third kappa shape index (κ3) is 34.1. The molecule has 0 amide bonds. The molecule has 1 atom stereocenters. The third-order valence-electron chi connectivity index (χ3n) is 9.29. The van der Waals surface area contributed by atoms with Crippen LogP contribution < -0.4 is 0 Å². The van der Waals surface area contributed by atoms with Crippen LogP contribution >= 0.6 is 0 Å². The molecule has 0 aliphatic carbocycles. The molecule has 39 heavy (non-hydrogen) atoms. The van der Waals surface area contributed by atoms with Gasteiger partial charge in [0.15, 0.2) is 0 Å². The van der Waals surface area contributed by atoms with Gasteiger partial charge in [-0.05, 0) is 5.92 Å². The van der Waals surface area contributed by atoms with Crippen molar-refractivity contribution in [1.29, 1.82) is 0 Å². The molecule has 1 radical (unpaired) electrons. The Kier molecular flexibility index (Phi) is 36.0. The Bertz CT molecular complexity index is 399. The second-order valence-electron chi connectivity index (χ2n) is 13.3. The summed E-state index contributed by atoms with van der Waals surface area (Å²) in [4.78, 5) is 0. The van der Waals surface area contributed by atoms with E-state index in [1.165, 1.54) is 218 Å². The Balaban J connectivity index is 3.54. The van der Waals surface area contributed by atoms with Crippen LogP contribution in [0.4, 0.5) is 0 Å². The van der Waals surface area contributed by atoms with Crippen LogP contribution in [0.3, 0.4) is 0 Å². The van der Waals surface area contributed by atoms with Gasteiger partial charge in [0.05, 0.1) is 0 Å². The summed E-state index contributed by atoms with van der Waals surface area (Å²) in [5.74, 6) is 1.01. The largest absolute Gasteiger partial charge is 0.0654 e. The summed E-state index contributed by atoms with van der Waals surface area (Å²) in [5.41, 5.74) is 0. The third-order valence-corrected chi connectivity index (χ3v) is 9.29. The lowest BCUT2D eigenvalue weighted by Gasteiger charge is -2.17. The molecule has 0 heteroatoms. The smallest absolute Gasteiger partial charge is 0.0414 e. The fourth-order valence-electron chi connectivity index (χ4n) is 6.47. The van der Waals surface area contributed by atoms with Crippen LogP contribution in [0.1, 0.15) is 239 Å². The van der Waals surface area contributed by atoms with E-state index in [0.29, 0.717) is 0 Å². The molecular formula is C39H79. The number of unbranched alkanes of at least 4 members (excludes halogenated alkanes) is 29. The van der Waals surface area contributed by atoms with Gasteiger partial charge in [0.1, 0.15) is 0 Å². The molecule has 0 aliphatic rings. The zero-order valence-corrected chi connectivity index (χ0v) is 28.0. The molecular weight excluding hydrogens is 468 g/mol. The highest BCUT2D eigenvalue weighted by Gasteiger charge is 2.08. The van der Waals surface area contributed by atoms with Gasteiger partial charge in [-0.2, -0.15) is 0 Å². The fraction of sp³-hybridized carbons (Fsp3) is 0.974. The van der Waals surface area contributed by atoms with E-state index in [1.807, 2.05) is 0 Å². The highest BCUT2D eigenvalue weighted by Crippen LogP contribution is 2.24. The second kappa shape index (κ2) is 36.0. The number of hydrogen-bond donors (Lipinski definition) is 0. The quantitative estimate of drug-likeness (QED) is 0.0692. The average molecular weight is 548 g/mol. The molecule has 1 unspecified atom stereocenters. The maximum absolute atomic E-state index is 4.07. The summed E-state index contributed by atoms with van der Waals surface area (Å²) in [6.45, 7) is 8.69. The highest BCUT2D eigenvalue weighted by atomic mass is 14.1. The molecule has 0 nitrogen and oxygen atoms in total. The first kappa shape index (κ1) is 39.0. The molecule has 0 N–H and O–H groups in total. The van der Waals surface area contributed by atoms with Gasteiger partial charge in [0.2, 0.25) is 0 Å². The van der Waals surface area contributed by atoms with Gasteiger partial charge in [0, 0.05) is 0 Å². The number of hydrogen-bond acceptors (Lipinski definition) is 0. The number of rotatable bonds is 35. The van der Waals surface area contributed by atoms with Crippen molar-refractivity contribution in [2.45, 2.75) is 239 Å². The van der Waals surface area contributed by atoms with E-state index in [0.717, 1.165) is 12.3 Å². The van der Waals surface area contributed by atoms with E-state index in [1.54, 1.807) is 0 Å². The van der Waals surface area contributed by atoms with Crippen molar-refractivity contribution >= 4 is 0 Å². The van der Waals surface area contributed by atoms with Crippen LogP contribution in [0.2, 0.25) is 0 Å². The minimum absolute atomic E-state index is 1.01. The molecule has 0 aromatic carbocycles. The molecule has 235 valence electrons. The summed E-state index contributed by atoms with van der Waals surface area (Å²) in [6.07, 6.45) is 51.1. The minimum Gasteiger partial charge on any atom is -0.0654 e. The van der Waals surface area contributed by atoms with Gasteiger partial charge in [0.25, 0.3) is 0 Å². The van der Waals surface area contributed by atoms with Gasteiger partial charge in [-0.25, -0.2) is 0 Å². The van der Waals surface area contributed by atoms with Gasteiger partial charge < -0.3 is 0 Å². The van der Waals surface area contributed by atoms with Crippen molar-refractivity contribution in [2.24, 2.45) is 5.92 Å². The van der Waals surface area contributed by atoms with E-state index < -0.39 is 0 Å². The van der Waals surface area contributed by atoms with Gasteiger partial charge >= 0.3 is 0 Å². The summed E-state index contributed by atoms with van der Waals surface area (Å²) >= 11 is 0. The first-order chi connectivity index (χ1) is 19.3. The monoisotopic (exact) mass is 548 g/mol. The molecule has 0 spiro atoms. The lowest BCUT2D eigenvalue weighted by molar-refractivity contribution is 0.368. The summed E-state index contributed by atoms with van der Waals surface area (Å²) in [7, 11) is 0. The predicted octanol–water partition coefficient (Wildman–Crippen LogP) is 15.1. The normalized spacial score (nSPS) is 12.4. The van der Waals surface area contributed by atoms with E-state index in [4.69, 9.17) is 0 Å².